The van der Waals surface area contributed by atoms with Gasteiger partial charge in [-0.1, -0.05) is 13.0 Å². The quantitative estimate of drug-likeness (QED) is 0.809. The standard InChI is InChI=1S/C16H26N2OS/c1-6-7-18(8-9-19-5)16(20)17-15-11-13(3)12(2)10-14(15)4/h10-11H,6-9H2,1-5H3,(H,17,20). The summed E-state index contributed by atoms with van der Waals surface area (Å²) in [5.41, 5.74) is 4.90. The van der Waals surface area contributed by atoms with Crippen molar-refractivity contribution < 1.29 is 4.74 Å². The molecule has 0 aliphatic rings. The zero-order valence-electron chi connectivity index (χ0n) is 13.2. The minimum Gasteiger partial charge on any atom is -0.383 e. The fourth-order valence-electron chi connectivity index (χ4n) is 2.08. The van der Waals surface area contributed by atoms with Gasteiger partial charge in [-0.25, -0.2) is 0 Å². The van der Waals surface area contributed by atoms with E-state index in [1.807, 2.05) is 0 Å². The number of nitrogens with zero attached hydrogens (tertiary/aromatic N) is 1. The number of rotatable bonds is 6. The smallest absolute Gasteiger partial charge is 0.173 e. The summed E-state index contributed by atoms with van der Waals surface area (Å²) >= 11 is 5.53. The van der Waals surface area contributed by atoms with Crippen LogP contribution in [0.4, 0.5) is 5.69 Å². The maximum atomic E-state index is 5.53. The summed E-state index contributed by atoms with van der Waals surface area (Å²) in [4.78, 5) is 2.16. The SMILES string of the molecule is CCCN(CCOC)C(=S)Nc1cc(C)c(C)cc1C. The predicted octanol–water partition coefficient (Wildman–Crippen LogP) is 3.67. The molecule has 0 aliphatic heterocycles. The van der Waals surface area contributed by atoms with Gasteiger partial charge in [0.2, 0.25) is 0 Å². The lowest BCUT2D eigenvalue weighted by molar-refractivity contribution is 0.177. The maximum absolute atomic E-state index is 5.53. The number of thiocarbonyl (C=S) groups is 1. The van der Waals surface area contributed by atoms with Crippen LogP contribution in [-0.2, 0) is 4.74 Å². The van der Waals surface area contributed by atoms with E-state index in [1.54, 1.807) is 7.11 Å². The summed E-state index contributed by atoms with van der Waals surface area (Å²) in [7, 11) is 1.72. The highest BCUT2D eigenvalue weighted by molar-refractivity contribution is 7.80. The minimum absolute atomic E-state index is 0.688. The summed E-state index contributed by atoms with van der Waals surface area (Å²) in [6.45, 7) is 11.0. The lowest BCUT2D eigenvalue weighted by atomic mass is 10.1. The number of anilines is 1. The molecule has 0 bridgehead atoms. The van der Waals surface area contributed by atoms with E-state index in [-0.39, 0.29) is 0 Å². The van der Waals surface area contributed by atoms with Crippen LogP contribution in [0.2, 0.25) is 0 Å². The van der Waals surface area contributed by atoms with Crippen LogP contribution in [0.25, 0.3) is 0 Å². The molecule has 1 rings (SSSR count). The van der Waals surface area contributed by atoms with Crippen LogP contribution < -0.4 is 5.32 Å². The second-order valence-corrected chi connectivity index (χ2v) is 5.55. The minimum atomic E-state index is 0.688. The Balaban J connectivity index is 2.79. The maximum Gasteiger partial charge on any atom is 0.173 e. The highest BCUT2D eigenvalue weighted by Gasteiger charge is 2.10. The normalized spacial score (nSPS) is 10.4. The van der Waals surface area contributed by atoms with Gasteiger partial charge in [0.15, 0.2) is 5.11 Å². The van der Waals surface area contributed by atoms with Crippen LogP contribution in [-0.4, -0.2) is 36.8 Å². The van der Waals surface area contributed by atoms with Crippen molar-refractivity contribution in [2.45, 2.75) is 34.1 Å². The number of aryl methyl sites for hydroxylation is 3. The first kappa shape index (κ1) is 16.9. The average molecular weight is 294 g/mol. The van der Waals surface area contributed by atoms with E-state index in [1.165, 1.54) is 16.7 Å². The van der Waals surface area contributed by atoms with Gasteiger partial charge in [0.1, 0.15) is 0 Å². The molecule has 20 heavy (non-hydrogen) atoms. The monoisotopic (exact) mass is 294 g/mol. The molecule has 0 amide bonds. The van der Waals surface area contributed by atoms with Crippen molar-refractivity contribution in [3.8, 4) is 0 Å². The zero-order valence-corrected chi connectivity index (χ0v) is 14.1. The van der Waals surface area contributed by atoms with Crippen LogP contribution in [0.5, 0.6) is 0 Å². The molecule has 0 heterocycles. The first-order valence-corrected chi connectivity index (χ1v) is 7.53. The van der Waals surface area contributed by atoms with Crippen LogP contribution in [0.15, 0.2) is 12.1 Å². The fourth-order valence-corrected chi connectivity index (χ4v) is 2.37. The van der Waals surface area contributed by atoms with E-state index in [9.17, 15) is 0 Å². The molecule has 112 valence electrons. The molecule has 1 aromatic rings. The van der Waals surface area contributed by atoms with E-state index < -0.39 is 0 Å². The second kappa shape index (κ2) is 8.22. The van der Waals surface area contributed by atoms with Gasteiger partial charge < -0.3 is 15.0 Å². The van der Waals surface area contributed by atoms with E-state index in [4.69, 9.17) is 17.0 Å². The van der Waals surface area contributed by atoms with Gasteiger partial charge in [0, 0.05) is 25.9 Å². The third-order valence-corrected chi connectivity index (χ3v) is 3.79. The Morgan fingerprint density at radius 1 is 1.15 bits per heavy atom. The first-order chi connectivity index (χ1) is 9.49. The summed E-state index contributed by atoms with van der Waals surface area (Å²) in [5, 5.41) is 4.15. The van der Waals surface area contributed by atoms with E-state index in [0.29, 0.717) is 6.61 Å². The zero-order chi connectivity index (χ0) is 15.1. The third kappa shape index (κ3) is 4.76. The lowest BCUT2D eigenvalue weighted by Crippen LogP contribution is -2.37. The van der Waals surface area contributed by atoms with Gasteiger partial charge in [0.25, 0.3) is 0 Å². The van der Waals surface area contributed by atoms with Crippen LogP contribution in [0, 0.1) is 20.8 Å². The van der Waals surface area contributed by atoms with Gasteiger partial charge in [-0.3, -0.25) is 0 Å². The third-order valence-electron chi connectivity index (χ3n) is 3.43. The Labute approximate surface area is 128 Å². The highest BCUT2D eigenvalue weighted by atomic mass is 32.1. The molecule has 3 nitrogen and oxygen atoms in total. The molecule has 0 radical (unpaired) electrons. The number of methoxy groups -OCH3 is 1. The fraction of sp³-hybridized carbons (Fsp3) is 0.562. The number of hydrogen-bond donors (Lipinski definition) is 1. The molecular formula is C16H26N2OS. The molecule has 4 heteroatoms. The van der Waals surface area contributed by atoms with Crippen molar-refractivity contribution in [3.05, 3.63) is 28.8 Å². The first-order valence-electron chi connectivity index (χ1n) is 7.12. The van der Waals surface area contributed by atoms with Crippen LogP contribution in [0.3, 0.4) is 0 Å². The molecular weight excluding hydrogens is 268 g/mol. The molecule has 0 fully saturated rings. The van der Waals surface area contributed by atoms with Gasteiger partial charge in [-0.15, -0.1) is 0 Å². The van der Waals surface area contributed by atoms with Crippen molar-refractivity contribution in [1.82, 2.24) is 4.90 Å². The van der Waals surface area contributed by atoms with Crippen LogP contribution >= 0.6 is 12.2 Å². The molecule has 1 N–H and O–H groups in total. The number of benzene rings is 1. The van der Waals surface area contributed by atoms with Crippen LogP contribution in [0.1, 0.15) is 30.0 Å². The van der Waals surface area contributed by atoms with E-state index in [2.05, 4.69) is 50.0 Å². The van der Waals surface area contributed by atoms with Crippen molar-refractivity contribution >= 4 is 23.0 Å². The molecule has 0 saturated carbocycles. The van der Waals surface area contributed by atoms with Crippen molar-refractivity contribution in [2.75, 3.05) is 32.1 Å². The summed E-state index contributed by atoms with van der Waals surface area (Å²) < 4.78 is 5.15. The number of ether oxygens (including phenoxy) is 1. The van der Waals surface area contributed by atoms with E-state index >= 15 is 0 Å². The van der Waals surface area contributed by atoms with Gasteiger partial charge in [-0.05, 0) is 62.2 Å². The molecule has 1 aromatic carbocycles. The highest BCUT2D eigenvalue weighted by Crippen LogP contribution is 2.20. The second-order valence-electron chi connectivity index (χ2n) is 5.16. The van der Waals surface area contributed by atoms with E-state index in [0.717, 1.165) is 30.3 Å². The molecule has 0 spiro atoms. The summed E-state index contributed by atoms with van der Waals surface area (Å²) in [6, 6.07) is 4.36. The summed E-state index contributed by atoms with van der Waals surface area (Å²) in [6.07, 6.45) is 1.07. The Hall–Kier alpha value is -1.13. The Morgan fingerprint density at radius 2 is 1.80 bits per heavy atom. The Morgan fingerprint density at radius 3 is 2.40 bits per heavy atom. The predicted molar refractivity (Wildman–Crippen MR) is 90.6 cm³/mol. The van der Waals surface area contributed by atoms with Gasteiger partial charge in [-0.2, -0.15) is 0 Å². The van der Waals surface area contributed by atoms with Gasteiger partial charge in [0.05, 0.1) is 6.61 Å². The molecule has 0 unspecified atom stereocenters. The topological polar surface area (TPSA) is 24.5 Å². The Kier molecular flexibility index (Phi) is 6.96. The van der Waals surface area contributed by atoms with Crippen molar-refractivity contribution in [1.29, 1.82) is 0 Å². The van der Waals surface area contributed by atoms with Crippen molar-refractivity contribution in [2.24, 2.45) is 0 Å². The average Bonchev–Trinajstić information content (AvgIpc) is 2.40. The van der Waals surface area contributed by atoms with Gasteiger partial charge >= 0.3 is 0 Å². The van der Waals surface area contributed by atoms with Crippen molar-refractivity contribution in [3.63, 3.8) is 0 Å². The largest absolute Gasteiger partial charge is 0.383 e. The molecule has 0 saturated heterocycles. The molecule has 0 atom stereocenters. The Bertz CT molecular complexity index is 460. The summed E-state index contributed by atoms with van der Waals surface area (Å²) in [5.74, 6) is 0. The number of hydrogen-bond acceptors (Lipinski definition) is 2. The molecule has 0 aliphatic carbocycles. The number of nitrogens with one attached hydrogen (secondary N) is 1. The lowest BCUT2D eigenvalue weighted by Gasteiger charge is -2.26. The molecule has 0 aromatic heterocycles.